The van der Waals surface area contributed by atoms with E-state index >= 15 is 0 Å². The van der Waals surface area contributed by atoms with Crippen molar-refractivity contribution in [3.63, 3.8) is 0 Å². The van der Waals surface area contributed by atoms with E-state index < -0.39 is 24.7 Å². The highest BCUT2D eigenvalue weighted by Gasteiger charge is 2.47. The molecule has 0 radical (unpaired) electrons. The molecule has 6 aromatic rings. The highest BCUT2D eigenvalue weighted by molar-refractivity contribution is 7.83. The maximum atomic E-state index is 13.2. The number of hydrogen-bond acceptors (Lipinski definition) is 7. The van der Waals surface area contributed by atoms with Gasteiger partial charge in [-0.1, -0.05) is 109 Å². The van der Waals surface area contributed by atoms with E-state index in [1.165, 1.54) is 11.0 Å². The Morgan fingerprint density at radius 1 is 0.863 bits per heavy atom. The first-order valence-corrected chi connectivity index (χ1v) is 19.1. The Labute approximate surface area is 301 Å². The van der Waals surface area contributed by atoms with Crippen LogP contribution in [0.1, 0.15) is 33.3 Å². The molecular weight excluding hydrogens is 683 g/mol. The molecule has 1 unspecified atom stereocenters. The van der Waals surface area contributed by atoms with Crippen LogP contribution in [0.5, 0.6) is 0 Å². The number of nitrogens with zero attached hydrogens (tertiary/aromatic N) is 5. The molecule has 3 heterocycles. The standard InChI is InChI=1S/C39H38ClN6O4P/c1-44(2)51(40,48)49-27-33-25-45(39(30-17-9-4-10-18-30,31-19-11-5-12-20-31)32-21-13-6-14-22-32)26-35(50-33)46-24-23-34-36(41-28-42-37(34)46)43-38(47)29-15-7-3-8-16-29/h3-24,28,33,35H,25-27H2,1-2H3,(H,41,42,43,47)/t33-,35+,51?/m0/s1. The summed E-state index contributed by atoms with van der Waals surface area (Å²) in [5, 5.41) is 3.61. The van der Waals surface area contributed by atoms with Gasteiger partial charge < -0.3 is 19.1 Å². The molecule has 10 nitrogen and oxygen atoms in total. The fourth-order valence-electron chi connectivity index (χ4n) is 6.78. The van der Waals surface area contributed by atoms with Gasteiger partial charge in [-0.05, 0) is 60.2 Å². The van der Waals surface area contributed by atoms with Crippen LogP contribution >= 0.6 is 18.1 Å². The molecule has 1 aliphatic rings. The molecule has 1 N–H and O–H groups in total. The van der Waals surface area contributed by atoms with Crippen LogP contribution in [0.25, 0.3) is 11.0 Å². The largest absolute Gasteiger partial charge is 0.362 e. The molecule has 1 fully saturated rings. The van der Waals surface area contributed by atoms with Crippen molar-refractivity contribution in [1.29, 1.82) is 0 Å². The van der Waals surface area contributed by atoms with Crippen LogP contribution in [0.2, 0.25) is 0 Å². The highest BCUT2D eigenvalue weighted by atomic mass is 35.7. The van der Waals surface area contributed by atoms with Gasteiger partial charge in [-0.25, -0.2) is 14.6 Å². The van der Waals surface area contributed by atoms with Crippen LogP contribution in [-0.4, -0.2) is 69.9 Å². The molecule has 3 atom stereocenters. The third-order valence-electron chi connectivity index (χ3n) is 9.18. The Balaban J connectivity index is 1.34. The van der Waals surface area contributed by atoms with E-state index in [1.807, 2.05) is 53.2 Å². The quantitative estimate of drug-likeness (QED) is 0.107. The number of carbonyl (C=O) groups excluding carboxylic acids is 1. The predicted molar refractivity (Wildman–Crippen MR) is 200 cm³/mol. The topological polar surface area (TPSA) is 102 Å². The second-order valence-electron chi connectivity index (χ2n) is 12.5. The zero-order chi connectivity index (χ0) is 35.4. The number of amides is 1. The van der Waals surface area contributed by atoms with Crippen molar-refractivity contribution in [3.05, 3.63) is 162 Å². The molecule has 12 heteroatoms. The first-order valence-electron chi connectivity index (χ1n) is 16.6. The van der Waals surface area contributed by atoms with Gasteiger partial charge in [0.2, 0.25) is 0 Å². The highest BCUT2D eigenvalue weighted by Crippen LogP contribution is 2.54. The lowest BCUT2D eigenvalue weighted by Crippen LogP contribution is -2.57. The Hall–Kier alpha value is -4.67. The van der Waals surface area contributed by atoms with Crippen LogP contribution in [-0.2, 0) is 19.4 Å². The average Bonchev–Trinajstić information content (AvgIpc) is 3.61. The van der Waals surface area contributed by atoms with Crippen LogP contribution in [0, 0.1) is 0 Å². The summed E-state index contributed by atoms with van der Waals surface area (Å²) in [5.41, 5.74) is 3.56. The van der Waals surface area contributed by atoms with E-state index in [9.17, 15) is 9.36 Å². The smallest absolute Gasteiger partial charge is 0.350 e. The summed E-state index contributed by atoms with van der Waals surface area (Å²) < 4.78 is 29.2. The van der Waals surface area contributed by atoms with E-state index in [1.54, 1.807) is 26.2 Å². The lowest BCUT2D eigenvalue weighted by Gasteiger charge is -2.50. The number of anilines is 1. The van der Waals surface area contributed by atoms with Gasteiger partial charge in [-0.2, -0.15) is 0 Å². The lowest BCUT2D eigenvalue weighted by atomic mass is 9.75. The van der Waals surface area contributed by atoms with Crippen molar-refractivity contribution < 1.29 is 18.6 Å². The zero-order valence-corrected chi connectivity index (χ0v) is 29.9. The minimum Gasteiger partial charge on any atom is -0.350 e. The molecule has 1 amide bonds. The number of hydrogen-bond donors (Lipinski definition) is 1. The molecule has 0 saturated carbocycles. The third kappa shape index (κ3) is 6.99. The third-order valence-corrected chi connectivity index (χ3v) is 11.8. The number of fused-ring (bicyclic) bond motifs is 1. The van der Waals surface area contributed by atoms with Crippen LogP contribution in [0.15, 0.2) is 140 Å². The molecule has 0 bridgehead atoms. The molecule has 0 aliphatic carbocycles. The van der Waals surface area contributed by atoms with E-state index in [-0.39, 0.29) is 12.5 Å². The summed E-state index contributed by atoms with van der Waals surface area (Å²) >= 11 is 6.36. The van der Waals surface area contributed by atoms with Crippen molar-refractivity contribution >= 4 is 40.9 Å². The minimum absolute atomic E-state index is 0.0209. The Kier molecular flexibility index (Phi) is 10.2. The molecule has 0 spiro atoms. The number of carbonyl (C=O) groups is 1. The number of ether oxygens (including phenoxy) is 1. The van der Waals surface area contributed by atoms with E-state index in [2.05, 4.69) is 93.0 Å². The van der Waals surface area contributed by atoms with E-state index in [0.29, 0.717) is 35.5 Å². The maximum Gasteiger partial charge on any atom is 0.362 e. The number of rotatable bonds is 11. The summed E-state index contributed by atoms with van der Waals surface area (Å²) in [7, 11) is 3.24. The maximum absolute atomic E-state index is 13.2. The number of halogens is 1. The molecule has 51 heavy (non-hydrogen) atoms. The lowest BCUT2D eigenvalue weighted by molar-refractivity contribution is -0.145. The summed E-state index contributed by atoms with van der Waals surface area (Å²) in [6.45, 7) is -2.76. The monoisotopic (exact) mass is 720 g/mol. The van der Waals surface area contributed by atoms with Crippen molar-refractivity contribution in [3.8, 4) is 0 Å². The molecule has 260 valence electrons. The Morgan fingerprint density at radius 3 is 1.96 bits per heavy atom. The van der Waals surface area contributed by atoms with Gasteiger partial charge in [0.05, 0.1) is 23.6 Å². The molecule has 1 saturated heterocycles. The van der Waals surface area contributed by atoms with Crippen molar-refractivity contribution in [1.82, 2.24) is 24.1 Å². The second-order valence-corrected chi connectivity index (χ2v) is 15.8. The van der Waals surface area contributed by atoms with Crippen LogP contribution in [0.4, 0.5) is 5.82 Å². The van der Waals surface area contributed by atoms with Crippen molar-refractivity contribution in [2.75, 3.05) is 39.1 Å². The van der Waals surface area contributed by atoms with Crippen LogP contribution in [0.3, 0.4) is 0 Å². The van der Waals surface area contributed by atoms with Crippen molar-refractivity contribution in [2.45, 2.75) is 17.9 Å². The van der Waals surface area contributed by atoms with Gasteiger partial charge in [0, 0.05) is 24.8 Å². The Bertz CT molecular complexity index is 2040. The zero-order valence-electron chi connectivity index (χ0n) is 28.2. The number of aromatic nitrogens is 3. The first kappa shape index (κ1) is 34.8. The van der Waals surface area contributed by atoms with Crippen molar-refractivity contribution in [2.24, 2.45) is 0 Å². The second kappa shape index (κ2) is 14.9. The molecular formula is C39H38ClN6O4P. The van der Waals surface area contributed by atoms with Gasteiger partial charge >= 0.3 is 6.87 Å². The SMILES string of the molecule is CN(C)P(=O)(Cl)OC[C@@H]1CN(C(c2ccccc2)(c2ccccc2)c2ccccc2)C[C@H](n2ccc3c(NC(=O)c4ccccc4)ncnc32)O1. The summed E-state index contributed by atoms with van der Waals surface area (Å²) in [6, 6.07) is 42.1. The molecule has 1 aliphatic heterocycles. The molecule has 4 aromatic carbocycles. The minimum atomic E-state index is -3.59. The van der Waals surface area contributed by atoms with Gasteiger partial charge in [0.1, 0.15) is 24.0 Å². The fourth-order valence-corrected chi connectivity index (χ4v) is 7.54. The van der Waals surface area contributed by atoms with Gasteiger partial charge in [-0.3, -0.25) is 14.3 Å². The Morgan fingerprint density at radius 2 is 1.41 bits per heavy atom. The summed E-state index contributed by atoms with van der Waals surface area (Å²) in [5.74, 6) is 0.117. The first-order chi connectivity index (χ1) is 24.8. The summed E-state index contributed by atoms with van der Waals surface area (Å²) in [4.78, 5) is 24.6. The number of nitrogens with one attached hydrogen (secondary N) is 1. The van der Waals surface area contributed by atoms with E-state index in [4.69, 9.17) is 20.5 Å². The van der Waals surface area contributed by atoms with Gasteiger partial charge in [0.15, 0.2) is 0 Å². The molecule has 2 aromatic heterocycles. The van der Waals surface area contributed by atoms with E-state index in [0.717, 1.165) is 16.7 Å². The van der Waals surface area contributed by atoms with Gasteiger partial charge in [-0.15, -0.1) is 0 Å². The normalized spacial score (nSPS) is 18.0. The summed E-state index contributed by atoms with van der Waals surface area (Å²) in [6.07, 6.45) is 2.19. The average molecular weight is 721 g/mol. The van der Waals surface area contributed by atoms with Gasteiger partial charge in [0.25, 0.3) is 5.91 Å². The fraction of sp³-hybridized carbons (Fsp3) is 0.205. The number of benzene rings is 4. The molecule has 7 rings (SSSR count). The predicted octanol–water partition coefficient (Wildman–Crippen LogP) is 7.80. The number of morpholine rings is 1. The van der Waals surface area contributed by atoms with Crippen LogP contribution < -0.4 is 5.32 Å².